The van der Waals surface area contributed by atoms with Gasteiger partial charge in [0.15, 0.2) is 0 Å². The fourth-order valence-electron chi connectivity index (χ4n) is 2.66. The Balaban J connectivity index is 0.00000133. The molecule has 2 aromatic rings. The monoisotopic (exact) mass is 283 g/mol. The van der Waals surface area contributed by atoms with E-state index in [0.29, 0.717) is 0 Å². The van der Waals surface area contributed by atoms with Crippen LogP contribution in [0.2, 0.25) is 0 Å². The van der Waals surface area contributed by atoms with E-state index in [9.17, 15) is 4.39 Å². The molecule has 0 atom stereocenters. The van der Waals surface area contributed by atoms with Gasteiger partial charge in [-0.15, -0.1) is 12.4 Å². The van der Waals surface area contributed by atoms with E-state index in [0.717, 1.165) is 24.0 Å². The van der Waals surface area contributed by atoms with Crippen LogP contribution in [0.15, 0.2) is 24.4 Å². The lowest BCUT2D eigenvalue weighted by molar-refractivity contribution is 0.219. The third-order valence-electron chi connectivity index (χ3n) is 3.68. The van der Waals surface area contributed by atoms with Crippen molar-refractivity contribution in [2.45, 2.75) is 25.8 Å². The maximum Gasteiger partial charge on any atom is 0.124 e. The highest BCUT2D eigenvalue weighted by Gasteiger charge is 2.10. The fourth-order valence-corrected chi connectivity index (χ4v) is 2.66. The second-order valence-corrected chi connectivity index (χ2v) is 4.97. The third kappa shape index (κ3) is 3.25. The molecule has 19 heavy (non-hydrogen) atoms. The number of aromatic nitrogens is 2. The van der Waals surface area contributed by atoms with Crippen molar-refractivity contribution >= 4 is 23.3 Å². The number of nitrogens with zero attached hydrogens (tertiary/aromatic N) is 3. The maximum atomic E-state index is 13.1. The number of piperidine rings is 1. The van der Waals surface area contributed by atoms with Gasteiger partial charge in [0.1, 0.15) is 5.82 Å². The highest BCUT2D eigenvalue weighted by Crippen LogP contribution is 2.15. The van der Waals surface area contributed by atoms with Gasteiger partial charge in [0.2, 0.25) is 0 Å². The van der Waals surface area contributed by atoms with Crippen LogP contribution in [0.25, 0.3) is 10.9 Å². The van der Waals surface area contributed by atoms with E-state index in [4.69, 9.17) is 0 Å². The molecule has 1 aliphatic heterocycles. The van der Waals surface area contributed by atoms with Crippen molar-refractivity contribution in [2.24, 2.45) is 0 Å². The molecule has 104 valence electrons. The van der Waals surface area contributed by atoms with Gasteiger partial charge in [-0.2, -0.15) is 5.10 Å². The first-order valence-electron chi connectivity index (χ1n) is 6.66. The molecule has 1 saturated heterocycles. The predicted molar refractivity (Wildman–Crippen MR) is 77.2 cm³/mol. The van der Waals surface area contributed by atoms with Crippen LogP contribution >= 0.6 is 12.4 Å². The Morgan fingerprint density at radius 1 is 1.11 bits per heavy atom. The maximum absolute atomic E-state index is 13.1. The molecule has 1 aliphatic rings. The van der Waals surface area contributed by atoms with Gasteiger partial charge in [-0.05, 0) is 44.1 Å². The number of hydrogen-bond acceptors (Lipinski definition) is 2. The molecule has 0 bridgehead atoms. The van der Waals surface area contributed by atoms with E-state index in [-0.39, 0.29) is 18.2 Å². The molecule has 0 aliphatic carbocycles. The number of rotatable bonds is 3. The van der Waals surface area contributed by atoms with Crippen LogP contribution in [0, 0.1) is 5.82 Å². The second kappa shape index (κ2) is 6.35. The van der Waals surface area contributed by atoms with E-state index < -0.39 is 0 Å². The lowest BCUT2D eigenvalue weighted by Gasteiger charge is -2.26. The molecule has 3 nitrogen and oxygen atoms in total. The lowest BCUT2D eigenvalue weighted by Crippen LogP contribution is -2.32. The minimum Gasteiger partial charge on any atom is -0.301 e. The summed E-state index contributed by atoms with van der Waals surface area (Å²) in [5.74, 6) is -0.196. The first-order chi connectivity index (χ1) is 8.83. The standard InChI is InChI=1S/C14H18FN3.ClH/c15-13-4-5-14-12(10-13)11-16-18(14)9-8-17-6-2-1-3-7-17;/h4-5,10-11H,1-3,6-9H2;1H. The summed E-state index contributed by atoms with van der Waals surface area (Å²) in [5.41, 5.74) is 1.02. The quantitative estimate of drug-likeness (QED) is 0.863. The van der Waals surface area contributed by atoms with Gasteiger partial charge in [0, 0.05) is 11.9 Å². The van der Waals surface area contributed by atoms with Gasteiger partial charge in [-0.1, -0.05) is 6.42 Å². The molecule has 0 unspecified atom stereocenters. The minimum atomic E-state index is -0.196. The van der Waals surface area contributed by atoms with E-state index in [1.54, 1.807) is 12.3 Å². The molecule has 0 spiro atoms. The summed E-state index contributed by atoms with van der Waals surface area (Å²) in [6, 6.07) is 4.86. The molecule has 0 radical (unpaired) electrons. The smallest absolute Gasteiger partial charge is 0.124 e. The molecule has 1 fully saturated rings. The summed E-state index contributed by atoms with van der Waals surface area (Å²) in [5, 5.41) is 5.23. The molecule has 3 rings (SSSR count). The Labute approximate surface area is 118 Å². The Morgan fingerprint density at radius 3 is 2.68 bits per heavy atom. The number of likely N-dealkylation sites (tertiary alicyclic amines) is 1. The van der Waals surface area contributed by atoms with Crippen LogP contribution in [0.1, 0.15) is 19.3 Å². The van der Waals surface area contributed by atoms with Crippen LogP contribution in [0.4, 0.5) is 4.39 Å². The van der Waals surface area contributed by atoms with Gasteiger partial charge in [-0.3, -0.25) is 4.68 Å². The van der Waals surface area contributed by atoms with Gasteiger partial charge in [-0.25, -0.2) is 4.39 Å². The lowest BCUT2D eigenvalue weighted by atomic mass is 10.1. The van der Waals surface area contributed by atoms with Crippen molar-refractivity contribution in [2.75, 3.05) is 19.6 Å². The predicted octanol–water partition coefficient (Wildman–Crippen LogP) is 3.08. The SMILES string of the molecule is Cl.Fc1ccc2c(cnn2CCN2CCCCC2)c1. The van der Waals surface area contributed by atoms with E-state index in [1.165, 1.54) is 38.4 Å². The second-order valence-electron chi connectivity index (χ2n) is 4.97. The molecular weight excluding hydrogens is 265 g/mol. The minimum absolute atomic E-state index is 0. The summed E-state index contributed by atoms with van der Waals surface area (Å²) >= 11 is 0. The van der Waals surface area contributed by atoms with Crippen molar-refractivity contribution in [1.82, 2.24) is 14.7 Å². The molecule has 0 saturated carbocycles. The van der Waals surface area contributed by atoms with E-state index >= 15 is 0 Å². The molecule has 0 N–H and O–H groups in total. The van der Waals surface area contributed by atoms with Crippen molar-refractivity contribution in [3.63, 3.8) is 0 Å². The molecule has 1 aromatic heterocycles. The van der Waals surface area contributed by atoms with Crippen molar-refractivity contribution in [1.29, 1.82) is 0 Å². The average Bonchev–Trinajstić information content (AvgIpc) is 2.80. The zero-order valence-electron chi connectivity index (χ0n) is 10.9. The fraction of sp³-hybridized carbons (Fsp3) is 0.500. The van der Waals surface area contributed by atoms with E-state index in [2.05, 4.69) is 10.00 Å². The zero-order chi connectivity index (χ0) is 12.4. The molecule has 1 aromatic carbocycles. The summed E-state index contributed by atoms with van der Waals surface area (Å²) in [6.45, 7) is 4.32. The molecule has 0 amide bonds. The normalized spacial score (nSPS) is 16.5. The van der Waals surface area contributed by atoms with Crippen molar-refractivity contribution in [3.8, 4) is 0 Å². The van der Waals surface area contributed by atoms with Crippen LogP contribution in [-0.2, 0) is 6.54 Å². The molecule has 2 heterocycles. The number of benzene rings is 1. The van der Waals surface area contributed by atoms with E-state index in [1.807, 2.05) is 10.7 Å². The van der Waals surface area contributed by atoms with Gasteiger partial charge in [0.05, 0.1) is 18.3 Å². The van der Waals surface area contributed by atoms with Crippen molar-refractivity contribution in [3.05, 3.63) is 30.2 Å². The van der Waals surface area contributed by atoms with Crippen LogP contribution < -0.4 is 0 Å². The summed E-state index contributed by atoms with van der Waals surface area (Å²) < 4.78 is 15.1. The number of hydrogen-bond donors (Lipinski definition) is 0. The van der Waals surface area contributed by atoms with Crippen molar-refractivity contribution < 1.29 is 4.39 Å². The van der Waals surface area contributed by atoms with Crippen LogP contribution in [0.5, 0.6) is 0 Å². The summed E-state index contributed by atoms with van der Waals surface area (Å²) in [6.07, 6.45) is 5.73. The Hall–Kier alpha value is -1.13. The summed E-state index contributed by atoms with van der Waals surface area (Å²) in [4.78, 5) is 2.49. The van der Waals surface area contributed by atoms with Gasteiger partial charge in [0.25, 0.3) is 0 Å². The summed E-state index contributed by atoms with van der Waals surface area (Å²) in [7, 11) is 0. The highest BCUT2D eigenvalue weighted by molar-refractivity contribution is 5.85. The highest BCUT2D eigenvalue weighted by atomic mass is 35.5. The van der Waals surface area contributed by atoms with Crippen LogP contribution in [0.3, 0.4) is 0 Å². The Bertz CT molecular complexity index is 534. The van der Waals surface area contributed by atoms with Gasteiger partial charge >= 0.3 is 0 Å². The largest absolute Gasteiger partial charge is 0.301 e. The third-order valence-corrected chi connectivity index (χ3v) is 3.68. The van der Waals surface area contributed by atoms with Crippen LogP contribution in [-0.4, -0.2) is 34.3 Å². The first-order valence-corrected chi connectivity index (χ1v) is 6.66. The number of fused-ring (bicyclic) bond motifs is 1. The molecular formula is C14H19ClFN3. The molecule has 5 heteroatoms. The Morgan fingerprint density at radius 2 is 1.89 bits per heavy atom. The average molecular weight is 284 g/mol. The van der Waals surface area contributed by atoms with Gasteiger partial charge < -0.3 is 4.90 Å². The first kappa shape index (κ1) is 14.3. The Kier molecular flexibility index (Phi) is 4.77. The zero-order valence-corrected chi connectivity index (χ0v) is 11.7. The topological polar surface area (TPSA) is 21.1 Å². The number of halogens is 2.